The van der Waals surface area contributed by atoms with Crippen molar-refractivity contribution in [2.45, 2.75) is 30.3 Å². The molecule has 2 aromatic carbocycles. The molecular formula is C19H19FN2O2S. The molecule has 1 unspecified atom stereocenters. The van der Waals surface area contributed by atoms with Crippen LogP contribution >= 0.6 is 11.9 Å². The quantitative estimate of drug-likeness (QED) is 0.674. The minimum absolute atomic E-state index is 0.133. The van der Waals surface area contributed by atoms with Crippen LogP contribution in [0.15, 0.2) is 53.4 Å². The first-order chi connectivity index (χ1) is 12.0. The molecule has 2 aromatic rings. The van der Waals surface area contributed by atoms with E-state index < -0.39 is 12.1 Å². The van der Waals surface area contributed by atoms with E-state index >= 15 is 0 Å². The largest absolute Gasteiger partial charge is 0.345 e. The zero-order chi connectivity index (χ0) is 18.0. The summed E-state index contributed by atoms with van der Waals surface area (Å²) in [5, 5.41) is 2.79. The summed E-state index contributed by atoms with van der Waals surface area (Å²) >= 11 is 1.41. The highest BCUT2D eigenvalue weighted by Crippen LogP contribution is 2.34. The lowest BCUT2D eigenvalue weighted by molar-refractivity contribution is -0.124. The summed E-state index contributed by atoms with van der Waals surface area (Å²) in [6, 6.07) is 12.4. The summed E-state index contributed by atoms with van der Waals surface area (Å²) in [7, 11) is 1.82. The van der Waals surface area contributed by atoms with Crippen LogP contribution < -0.4 is 5.32 Å². The summed E-state index contributed by atoms with van der Waals surface area (Å²) in [4.78, 5) is 26.0. The van der Waals surface area contributed by atoms with Crippen LogP contribution in [0.4, 0.5) is 4.39 Å². The Hall–Kier alpha value is -2.18. The van der Waals surface area contributed by atoms with Gasteiger partial charge in [-0.2, -0.15) is 0 Å². The van der Waals surface area contributed by atoms with Crippen molar-refractivity contribution in [3.8, 4) is 0 Å². The normalized spacial score (nSPS) is 18.3. The Morgan fingerprint density at radius 2 is 1.96 bits per heavy atom. The lowest BCUT2D eigenvalue weighted by atomic mass is 10.0. The van der Waals surface area contributed by atoms with Crippen LogP contribution in [-0.4, -0.2) is 35.1 Å². The number of nitrogens with zero attached hydrogens (tertiary/aromatic N) is 1. The maximum absolute atomic E-state index is 13.5. The highest BCUT2D eigenvalue weighted by atomic mass is 32.2. The number of rotatable bonds is 4. The third-order valence-corrected chi connectivity index (χ3v) is 5.37. The van der Waals surface area contributed by atoms with Crippen LogP contribution in [0.3, 0.4) is 0 Å². The molecule has 0 saturated heterocycles. The lowest BCUT2D eigenvalue weighted by Crippen LogP contribution is -2.50. The molecule has 2 atom stereocenters. The maximum atomic E-state index is 13.5. The minimum atomic E-state index is -0.623. The Labute approximate surface area is 150 Å². The van der Waals surface area contributed by atoms with E-state index in [2.05, 4.69) is 5.32 Å². The van der Waals surface area contributed by atoms with Gasteiger partial charge in [0.2, 0.25) is 5.91 Å². The Morgan fingerprint density at radius 1 is 1.24 bits per heavy atom. The van der Waals surface area contributed by atoms with E-state index in [1.807, 2.05) is 17.4 Å². The molecule has 0 fully saturated rings. The number of fused-ring (bicyclic) bond motifs is 1. The lowest BCUT2D eigenvalue weighted by Gasteiger charge is -2.32. The highest BCUT2D eigenvalue weighted by molar-refractivity contribution is 7.97. The number of Topliss-reactive ketones (excluding diaryl/α,β-unsaturated/α-hetero) is 1. The first-order valence-electron chi connectivity index (χ1n) is 8.04. The van der Waals surface area contributed by atoms with E-state index in [1.165, 1.54) is 24.1 Å². The fourth-order valence-corrected chi connectivity index (χ4v) is 3.83. The van der Waals surface area contributed by atoms with Gasteiger partial charge in [-0.05, 0) is 56.1 Å². The van der Waals surface area contributed by atoms with Gasteiger partial charge < -0.3 is 5.32 Å². The number of nitrogens with one attached hydrogen (secondary N) is 1. The number of amides is 1. The van der Waals surface area contributed by atoms with E-state index in [1.54, 1.807) is 37.3 Å². The fourth-order valence-electron chi connectivity index (χ4n) is 2.84. The van der Waals surface area contributed by atoms with Crippen LogP contribution in [0.1, 0.15) is 22.8 Å². The van der Waals surface area contributed by atoms with Crippen molar-refractivity contribution in [2.75, 3.05) is 7.05 Å². The van der Waals surface area contributed by atoms with E-state index in [4.69, 9.17) is 0 Å². The molecule has 1 N–H and O–H groups in total. The second-order valence-corrected chi connectivity index (χ2v) is 7.27. The van der Waals surface area contributed by atoms with Crippen LogP contribution in [0.5, 0.6) is 0 Å². The molecular weight excluding hydrogens is 339 g/mol. The molecule has 25 heavy (non-hydrogen) atoms. The Balaban J connectivity index is 1.69. The molecule has 0 saturated carbocycles. The number of benzene rings is 2. The zero-order valence-electron chi connectivity index (χ0n) is 14.0. The van der Waals surface area contributed by atoms with E-state index in [0.717, 1.165) is 10.5 Å². The number of ketones is 1. The van der Waals surface area contributed by atoms with Gasteiger partial charge in [-0.1, -0.05) is 30.3 Å². The molecule has 1 amide bonds. The summed E-state index contributed by atoms with van der Waals surface area (Å²) in [5.41, 5.74) is 1.37. The first-order valence-corrected chi connectivity index (χ1v) is 8.82. The van der Waals surface area contributed by atoms with Gasteiger partial charge in [0.1, 0.15) is 11.9 Å². The smallest absolute Gasteiger partial charge is 0.239 e. The highest BCUT2D eigenvalue weighted by Gasteiger charge is 2.31. The van der Waals surface area contributed by atoms with Crippen molar-refractivity contribution in [3.63, 3.8) is 0 Å². The van der Waals surface area contributed by atoms with Crippen LogP contribution in [0, 0.1) is 5.82 Å². The van der Waals surface area contributed by atoms with Crippen LogP contribution in [0.25, 0.3) is 0 Å². The number of carbonyl (C=O) groups excluding carboxylic acids is 2. The van der Waals surface area contributed by atoms with Gasteiger partial charge in [0.05, 0.1) is 6.04 Å². The Morgan fingerprint density at radius 3 is 2.68 bits per heavy atom. The van der Waals surface area contributed by atoms with Crippen molar-refractivity contribution in [3.05, 3.63) is 65.5 Å². The van der Waals surface area contributed by atoms with Crippen molar-refractivity contribution in [1.29, 1.82) is 0 Å². The third kappa shape index (κ3) is 3.91. The van der Waals surface area contributed by atoms with Gasteiger partial charge in [-0.3, -0.25) is 9.59 Å². The summed E-state index contributed by atoms with van der Waals surface area (Å²) < 4.78 is 15.3. The molecule has 3 rings (SSSR count). The molecule has 0 aromatic heterocycles. The second-order valence-electron chi connectivity index (χ2n) is 6.07. The number of carbonyl (C=O) groups is 2. The average Bonchev–Trinajstić information content (AvgIpc) is 2.61. The molecule has 1 aliphatic rings. The Bertz CT molecular complexity index is 797. The van der Waals surface area contributed by atoms with Gasteiger partial charge >= 0.3 is 0 Å². The predicted octanol–water partition coefficient (Wildman–Crippen LogP) is 3.08. The standard InChI is InChI=1S/C19H19FN2O2S/c1-12(18(23)13-6-4-3-5-7-13)21-19(24)16-11-14-10-15(20)8-9-17(14)25-22(16)2/h3-10,12,16H,11H2,1-2H3,(H,21,24)/t12-,16?/m0/s1. The molecule has 0 radical (unpaired) electrons. The average molecular weight is 358 g/mol. The number of halogens is 1. The third-order valence-electron chi connectivity index (χ3n) is 4.23. The summed E-state index contributed by atoms with van der Waals surface area (Å²) in [6.45, 7) is 1.68. The molecule has 4 nitrogen and oxygen atoms in total. The van der Waals surface area contributed by atoms with Gasteiger partial charge in [0.15, 0.2) is 5.78 Å². The molecule has 0 spiro atoms. The van der Waals surface area contributed by atoms with Gasteiger partial charge in [-0.15, -0.1) is 0 Å². The second kappa shape index (κ2) is 7.37. The molecule has 130 valence electrons. The van der Waals surface area contributed by atoms with E-state index in [-0.39, 0.29) is 17.5 Å². The summed E-state index contributed by atoms with van der Waals surface area (Å²) in [5.74, 6) is -0.677. The first kappa shape index (κ1) is 17.6. The van der Waals surface area contributed by atoms with Gasteiger partial charge in [0.25, 0.3) is 0 Å². The molecule has 1 heterocycles. The number of hydrogen-bond donors (Lipinski definition) is 1. The van der Waals surface area contributed by atoms with E-state index in [9.17, 15) is 14.0 Å². The van der Waals surface area contributed by atoms with Crippen molar-refractivity contribution in [2.24, 2.45) is 0 Å². The monoisotopic (exact) mass is 358 g/mol. The zero-order valence-corrected chi connectivity index (χ0v) is 14.8. The molecule has 1 aliphatic heterocycles. The predicted molar refractivity (Wildman–Crippen MR) is 95.9 cm³/mol. The van der Waals surface area contributed by atoms with Crippen molar-refractivity contribution >= 4 is 23.6 Å². The summed E-state index contributed by atoms with van der Waals surface area (Å²) in [6.07, 6.45) is 0.411. The van der Waals surface area contributed by atoms with Crippen LogP contribution in [-0.2, 0) is 11.2 Å². The molecule has 6 heteroatoms. The SMILES string of the molecule is C[C@H](NC(=O)C1Cc2cc(F)ccc2SN1C)C(=O)c1ccccc1. The van der Waals surface area contributed by atoms with E-state index in [0.29, 0.717) is 12.0 Å². The topological polar surface area (TPSA) is 49.4 Å². The molecule has 0 aliphatic carbocycles. The van der Waals surface area contributed by atoms with Gasteiger partial charge in [0, 0.05) is 10.5 Å². The van der Waals surface area contributed by atoms with Crippen molar-refractivity contribution < 1.29 is 14.0 Å². The number of likely N-dealkylation sites (N-methyl/N-ethyl adjacent to an activating group) is 1. The Kier molecular flexibility index (Phi) is 5.20. The van der Waals surface area contributed by atoms with Crippen LogP contribution in [0.2, 0.25) is 0 Å². The minimum Gasteiger partial charge on any atom is -0.345 e. The molecule has 0 bridgehead atoms. The maximum Gasteiger partial charge on any atom is 0.239 e. The van der Waals surface area contributed by atoms with Gasteiger partial charge in [-0.25, -0.2) is 8.70 Å². The number of hydrogen-bond acceptors (Lipinski definition) is 4. The fraction of sp³-hybridized carbons (Fsp3) is 0.263. The van der Waals surface area contributed by atoms with Crippen molar-refractivity contribution in [1.82, 2.24) is 9.62 Å².